The number of hydrogen-bond donors (Lipinski definition) is 0. The minimum Gasteiger partial charge on any atom is -0.370 e. The normalized spacial score (nSPS) is 16.9. The summed E-state index contributed by atoms with van der Waals surface area (Å²) in [6, 6.07) is 16.2. The van der Waals surface area contributed by atoms with Crippen LogP contribution in [0.5, 0.6) is 0 Å². The molecule has 0 spiro atoms. The zero-order valence-corrected chi connectivity index (χ0v) is 19.9. The standard InChI is InChI=1S/C27H37F3N2O/c1-3-31(4-2)17-9-21-33-26(24-12-8-13-25(22-24)27(28,29)30)15-19-32(20-16-26)18-14-23-10-6-5-7-11-23/h5-8,10-13,22H,3-4,9,14-21H2,1-2H3. The van der Waals surface area contributed by atoms with Gasteiger partial charge in [-0.25, -0.2) is 0 Å². The Bertz CT molecular complexity index is 829. The van der Waals surface area contributed by atoms with Crippen LogP contribution in [0.25, 0.3) is 0 Å². The Morgan fingerprint density at radius 2 is 1.67 bits per heavy atom. The molecule has 1 fully saturated rings. The van der Waals surface area contributed by atoms with Crippen LogP contribution in [0.4, 0.5) is 13.2 Å². The third kappa shape index (κ3) is 7.29. The van der Waals surface area contributed by atoms with Crippen LogP contribution in [-0.2, 0) is 22.9 Å². The molecule has 0 aliphatic carbocycles. The monoisotopic (exact) mass is 462 g/mol. The van der Waals surface area contributed by atoms with Crippen molar-refractivity contribution in [3.63, 3.8) is 0 Å². The van der Waals surface area contributed by atoms with E-state index in [4.69, 9.17) is 4.74 Å². The van der Waals surface area contributed by atoms with Crippen molar-refractivity contribution in [2.45, 2.75) is 51.3 Å². The number of nitrogens with zero attached hydrogens (tertiary/aromatic N) is 2. The van der Waals surface area contributed by atoms with Gasteiger partial charge in [-0.15, -0.1) is 0 Å². The largest absolute Gasteiger partial charge is 0.416 e. The van der Waals surface area contributed by atoms with Crippen LogP contribution >= 0.6 is 0 Å². The lowest BCUT2D eigenvalue weighted by atomic mass is 9.83. The first-order chi connectivity index (χ1) is 15.9. The van der Waals surface area contributed by atoms with Crippen molar-refractivity contribution >= 4 is 0 Å². The molecule has 0 amide bonds. The Hall–Kier alpha value is -1.89. The minimum absolute atomic E-state index is 0.552. The molecule has 3 nitrogen and oxygen atoms in total. The summed E-state index contributed by atoms with van der Waals surface area (Å²) in [5, 5.41) is 0. The van der Waals surface area contributed by atoms with Gasteiger partial charge in [0.1, 0.15) is 0 Å². The zero-order chi connectivity index (χ0) is 23.7. The molecule has 0 atom stereocenters. The molecule has 0 radical (unpaired) electrons. The van der Waals surface area contributed by atoms with E-state index in [1.807, 2.05) is 6.07 Å². The van der Waals surface area contributed by atoms with Crippen molar-refractivity contribution in [1.29, 1.82) is 0 Å². The second-order valence-corrected chi connectivity index (χ2v) is 8.88. The summed E-state index contributed by atoms with van der Waals surface area (Å²) < 4.78 is 46.7. The lowest BCUT2D eigenvalue weighted by molar-refractivity contribution is -0.138. The smallest absolute Gasteiger partial charge is 0.370 e. The summed E-state index contributed by atoms with van der Waals surface area (Å²) in [5.74, 6) is 0. The van der Waals surface area contributed by atoms with Crippen molar-refractivity contribution in [2.75, 3.05) is 45.9 Å². The number of likely N-dealkylation sites (tertiary alicyclic amines) is 1. The summed E-state index contributed by atoms with van der Waals surface area (Å²) in [7, 11) is 0. The topological polar surface area (TPSA) is 15.7 Å². The molecule has 6 heteroatoms. The molecule has 1 heterocycles. The van der Waals surface area contributed by atoms with Gasteiger partial charge in [0.25, 0.3) is 0 Å². The number of ether oxygens (including phenoxy) is 1. The molecular formula is C27H37F3N2O. The summed E-state index contributed by atoms with van der Waals surface area (Å²) in [5.41, 5.74) is 0.702. The van der Waals surface area contributed by atoms with E-state index in [1.54, 1.807) is 6.07 Å². The molecule has 1 saturated heterocycles. The van der Waals surface area contributed by atoms with Gasteiger partial charge in [-0.2, -0.15) is 13.2 Å². The van der Waals surface area contributed by atoms with Gasteiger partial charge in [-0.3, -0.25) is 0 Å². The Kier molecular flexibility index (Phi) is 9.36. The predicted octanol–water partition coefficient (Wildman–Crippen LogP) is 5.99. The van der Waals surface area contributed by atoms with E-state index in [0.29, 0.717) is 25.0 Å². The van der Waals surface area contributed by atoms with E-state index >= 15 is 0 Å². The fourth-order valence-corrected chi connectivity index (χ4v) is 4.66. The molecule has 1 aliphatic heterocycles. The second kappa shape index (κ2) is 12.0. The van der Waals surface area contributed by atoms with Crippen molar-refractivity contribution < 1.29 is 17.9 Å². The lowest BCUT2D eigenvalue weighted by Gasteiger charge is -2.42. The Balaban J connectivity index is 1.68. The van der Waals surface area contributed by atoms with Crippen LogP contribution < -0.4 is 0 Å². The van der Waals surface area contributed by atoms with Gasteiger partial charge >= 0.3 is 6.18 Å². The molecule has 1 aliphatic rings. The van der Waals surface area contributed by atoms with E-state index in [9.17, 15) is 13.2 Å². The molecule has 2 aromatic carbocycles. The van der Waals surface area contributed by atoms with E-state index in [2.05, 4.69) is 47.9 Å². The number of halogens is 3. The highest BCUT2D eigenvalue weighted by molar-refractivity contribution is 5.31. The maximum atomic E-state index is 13.4. The van der Waals surface area contributed by atoms with Gasteiger partial charge in [0.05, 0.1) is 11.2 Å². The molecule has 2 aromatic rings. The van der Waals surface area contributed by atoms with Gasteiger partial charge in [-0.05, 0) is 62.0 Å². The first-order valence-electron chi connectivity index (χ1n) is 12.2. The molecule has 0 N–H and O–H groups in total. The maximum absolute atomic E-state index is 13.4. The molecule has 0 saturated carbocycles. The van der Waals surface area contributed by atoms with Gasteiger partial charge in [0, 0.05) is 32.8 Å². The zero-order valence-electron chi connectivity index (χ0n) is 19.9. The maximum Gasteiger partial charge on any atom is 0.416 e. The number of piperidine rings is 1. The van der Waals surface area contributed by atoms with Crippen LogP contribution in [0, 0.1) is 0 Å². The van der Waals surface area contributed by atoms with Crippen molar-refractivity contribution in [2.24, 2.45) is 0 Å². The Morgan fingerprint density at radius 3 is 2.30 bits per heavy atom. The molecule has 0 unspecified atom stereocenters. The third-order valence-corrected chi connectivity index (χ3v) is 6.83. The summed E-state index contributed by atoms with van der Waals surface area (Å²) >= 11 is 0. The average Bonchev–Trinajstić information content (AvgIpc) is 2.84. The van der Waals surface area contributed by atoms with Gasteiger partial charge in [0.15, 0.2) is 0 Å². The average molecular weight is 463 g/mol. The van der Waals surface area contributed by atoms with Crippen molar-refractivity contribution in [1.82, 2.24) is 9.80 Å². The van der Waals surface area contributed by atoms with E-state index in [1.165, 1.54) is 17.7 Å². The van der Waals surface area contributed by atoms with Crippen molar-refractivity contribution in [3.8, 4) is 0 Å². The van der Waals surface area contributed by atoms with Crippen molar-refractivity contribution in [3.05, 3.63) is 71.3 Å². The van der Waals surface area contributed by atoms with Gasteiger partial charge in [-0.1, -0.05) is 56.3 Å². The quantitative estimate of drug-likeness (QED) is 0.382. The third-order valence-electron chi connectivity index (χ3n) is 6.83. The van der Waals surface area contributed by atoms with Gasteiger partial charge in [0.2, 0.25) is 0 Å². The molecular weight excluding hydrogens is 425 g/mol. The first kappa shape index (κ1) is 25.7. The van der Waals surface area contributed by atoms with E-state index in [-0.39, 0.29) is 0 Å². The molecule has 3 rings (SSSR count). The number of benzene rings is 2. The minimum atomic E-state index is -4.35. The fourth-order valence-electron chi connectivity index (χ4n) is 4.66. The van der Waals surface area contributed by atoms with E-state index in [0.717, 1.165) is 58.2 Å². The molecule has 0 bridgehead atoms. The molecule has 33 heavy (non-hydrogen) atoms. The lowest BCUT2D eigenvalue weighted by Crippen LogP contribution is -2.45. The molecule has 0 aromatic heterocycles. The first-order valence-corrected chi connectivity index (χ1v) is 12.2. The Morgan fingerprint density at radius 1 is 0.970 bits per heavy atom. The predicted molar refractivity (Wildman–Crippen MR) is 127 cm³/mol. The van der Waals surface area contributed by atoms with Gasteiger partial charge < -0.3 is 14.5 Å². The SMILES string of the molecule is CCN(CC)CCCOC1(c2cccc(C(F)(F)F)c2)CCN(CCc2ccccc2)CC1. The molecule has 182 valence electrons. The number of alkyl halides is 3. The summed E-state index contributed by atoms with van der Waals surface area (Å²) in [6.45, 7) is 10.3. The van der Waals surface area contributed by atoms with E-state index < -0.39 is 17.3 Å². The van der Waals surface area contributed by atoms with Crippen LogP contribution in [0.15, 0.2) is 54.6 Å². The fraction of sp³-hybridized carbons (Fsp3) is 0.556. The highest BCUT2D eigenvalue weighted by Gasteiger charge is 2.39. The number of rotatable bonds is 11. The number of hydrogen-bond acceptors (Lipinski definition) is 3. The van der Waals surface area contributed by atoms with Crippen LogP contribution in [0.3, 0.4) is 0 Å². The Labute approximate surface area is 196 Å². The summed E-state index contributed by atoms with van der Waals surface area (Å²) in [6.07, 6.45) is -1.10. The van der Waals surface area contributed by atoms with Crippen LogP contribution in [-0.4, -0.2) is 55.7 Å². The van der Waals surface area contributed by atoms with Crippen LogP contribution in [0.1, 0.15) is 49.8 Å². The second-order valence-electron chi connectivity index (χ2n) is 8.88. The highest BCUT2D eigenvalue weighted by Crippen LogP contribution is 2.39. The summed E-state index contributed by atoms with van der Waals surface area (Å²) in [4.78, 5) is 4.74. The highest BCUT2D eigenvalue weighted by atomic mass is 19.4. The van der Waals surface area contributed by atoms with Crippen LogP contribution in [0.2, 0.25) is 0 Å².